The number of rotatable bonds is 7. The van der Waals surface area contributed by atoms with Crippen LogP contribution in [0.5, 0.6) is 0 Å². The van der Waals surface area contributed by atoms with Gasteiger partial charge in [-0.3, -0.25) is 14.4 Å². The number of hydrogen-bond donors (Lipinski definition) is 2. The minimum atomic E-state index is -3.92. The second-order valence-electron chi connectivity index (χ2n) is 6.77. The average molecular weight is 465 g/mol. The summed E-state index contributed by atoms with van der Waals surface area (Å²) in [7, 11) is 0.628. The molecule has 0 aliphatic heterocycles. The standard InChI is InChI=1S/C20H24N4O5S2/c1-14(25)21-15-9-11-16(12-10-15)31(28,29)24(4)13-19(26)22-17-7-5-6-8-18(17)30-20(27)23(2)3/h5-12H,13H2,1-4H3,(H,21,25)(H,22,26). The van der Waals surface area contributed by atoms with Gasteiger partial charge < -0.3 is 15.5 Å². The molecule has 0 aliphatic rings. The van der Waals surface area contributed by atoms with Gasteiger partial charge in [-0.25, -0.2) is 8.42 Å². The highest BCUT2D eigenvalue weighted by Crippen LogP contribution is 2.28. The number of nitrogens with zero attached hydrogens (tertiary/aromatic N) is 2. The Balaban J connectivity index is 2.08. The van der Waals surface area contributed by atoms with Crippen molar-refractivity contribution in [2.24, 2.45) is 0 Å². The molecule has 0 radical (unpaired) electrons. The van der Waals surface area contributed by atoms with Gasteiger partial charge in [0.05, 0.1) is 17.1 Å². The fourth-order valence-electron chi connectivity index (χ4n) is 2.41. The van der Waals surface area contributed by atoms with Crippen LogP contribution in [0.15, 0.2) is 58.3 Å². The first kappa shape index (κ1) is 24.4. The van der Waals surface area contributed by atoms with E-state index in [1.165, 1.54) is 43.1 Å². The molecule has 3 amide bonds. The largest absolute Gasteiger partial charge is 0.339 e. The molecule has 0 atom stereocenters. The van der Waals surface area contributed by atoms with E-state index in [9.17, 15) is 22.8 Å². The number of sulfonamides is 1. The lowest BCUT2D eigenvalue weighted by atomic mass is 10.3. The summed E-state index contributed by atoms with van der Waals surface area (Å²) in [6.07, 6.45) is 0. The molecule has 11 heteroatoms. The van der Waals surface area contributed by atoms with Gasteiger partial charge >= 0.3 is 0 Å². The van der Waals surface area contributed by atoms with Crippen LogP contribution in [0.25, 0.3) is 0 Å². The van der Waals surface area contributed by atoms with E-state index in [-0.39, 0.29) is 16.0 Å². The number of hydrogen-bond acceptors (Lipinski definition) is 6. The van der Waals surface area contributed by atoms with E-state index < -0.39 is 22.5 Å². The number of thioether (sulfide) groups is 1. The molecule has 0 saturated heterocycles. The van der Waals surface area contributed by atoms with Crippen LogP contribution in [-0.2, 0) is 19.6 Å². The van der Waals surface area contributed by atoms with Crippen LogP contribution in [0.3, 0.4) is 0 Å². The van der Waals surface area contributed by atoms with Crippen LogP contribution in [-0.4, -0.2) is 62.4 Å². The highest BCUT2D eigenvalue weighted by Gasteiger charge is 2.23. The minimum Gasteiger partial charge on any atom is -0.339 e. The monoisotopic (exact) mass is 464 g/mol. The molecule has 0 heterocycles. The Morgan fingerprint density at radius 1 is 0.935 bits per heavy atom. The number of carbonyl (C=O) groups excluding carboxylic acids is 3. The molecule has 0 bridgehead atoms. The molecule has 2 aromatic rings. The number of anilines is 2. The maximum atomic E-state index is 12.7. The molecule has 0 aromatic heterocycles. The van der Waals surface area contributed by atoms with Gasteiger partial charge in [0.25, 0.3) is 5.24 Å². The van der Waals surface area contributed by atoms with Crippen molar-refractivity contribution in [1.29, 1.82) is 0 Å². The number of para-hydroxylation sites is 1. The molecule has 2 aromatic carbocycles. The van der Waals surface area contributed by atoms with Crippen LogP contribution in [0, 0.1) is 0 Å². The predicted octanol–water partition coefficient (Wildman–Crippen LogP) is 2.68. The van der Waals surface area contributed by atoms with Crippen molar-refractivity contribution in [2.75, 3.05) is 38.3 Å². The van der Waals surface area contributed by atoms with Gasteiger partial charge in [-0.15, -0.1) is 0 Å². The Bertz CT molecular complexity index is 1070. The van der Waals surface area contributed by atoms with E-state index in [1.807, 2.05) is 0 Å². The molecule has 0 saturated carbocycles. The fraction of sp³-hybridized carbons (Fsp3) is 0.250. The van der Waals surface area contributed by atoms with Gasteiger partial charge in [0, 0.05) is 38.6 Å². The average Bonchev–Trinajstić information content (AvgIpc) is 2.69. The molecular weight excluding hydrogens is 440 g/mol. The van der Waals surface area contributed by atoms with Gasteiger partial charge in [0.2, 0.25) is 21.8 Å². The summed E-state index contributed by atoms with van der Waals surface area (Å²) in [5, 5.41) is 5.01. The quantitative estimate of drug-likeness (QED) is 0.609. The Hall–Kier alpha value is -2.89. The van der Waals surface area contributed by atoms with E-state index in [2.05, 4.69) is 10.6 Å². The number of nitrogens with one attached hydrogen (secondary N) is 2. The van der Waals surface area contributed by atoms with Crippen LogP contribution in [0.2, 0.25) is 0 Å². The lowest BCUT2D eigenvalue weighted by molar-refractivity contribution is -0.116. The molecule has 2 N–H and O–H groups in total. The van der Waals surface area contributed by atoms with E-state index in [4.69, 9.17) is 0 Å². The molecule has 0 aliphatic carbocycles. The first-order chi connectivity index (χ1) is 14.5. The molecular formula is C20H24N4O5S2. The lowest BCUT2D eigenvalue weighted by Gasteiger charge is -2.18. The van der Waals surface area contributed by atoms with Crippen molar-refractivity contribution >= 4 is 50.2 Å². The van der Waals surface area contributed by atoms with Gasteiger partial charge in [-0.1, -0.05) is 12.1 Å². The third kappa shape index (κ3) is 6.81. The minimum absolute atomic E-state index is 0.00978. The van der Waals surface area contributed by atoms with Crippen LogP contribution >= 0.6 is 11.8 Å². The first-order valence-corrected chi connectivity index (χ1v) is 11.4. The Labute approximate surface area is 185 Å². The van der Waals surface area contributed by atoms with Crippen molar-refractivity contribution in [3.05, 3.63) is 48.5 Å². The zero-order valence-electron chi connectivity index (χ0n) is 17.6. The highest BCUT2D eigenvalue weighted by atomic mass is 32.2. The van der Waals surface area contributed by atoms with E-state index in [0.717, 1.165) is 16.1 Å². The third-order valence-corrected chi connectivity index (χ3v) is 6.91. The molecule has 31 heavy (non-hydrogen) atoms. The summed E-state index contributed by atoms with van der Waals surface area (Å²) in [4.78, 5) is 37.5. The summed E-state index contributed by atoms with van der Waals surface area (Å²) in [6, 6.07) is 12.4. The second-order valence-corrected chi connectivity index (χ2v) is 9.81. The van der Waals surface area contributed by atoms with Crippen LogP contribution in [0.1, 0.15) is 6.92 Å². The number of carbonyl (C=O) groups is 3. The van der Waals surface area contributed by atoms with Crippen LogP contribution in [0.4, 0.5) is 16.2 Å². The Kier molecular flexibility index (Phi) is 8.20. The third-order valence-electron chi connectivity index (χ3n) is 3.97. The first-order valence-electron chi connectivity index (χ1n) is 9.12. The van der Waals surface area contributed by atoms with Gasteiger partial charge in [0.1, 0.15) is 0 Å². The zero-order valence-corrected chi connectivity index (χ0v) is 19.2. The zero-order chi connectivity index (χ0) is 23.2. The Morgan fingerprint density at radius 3 is 2.13 bits per heavy atom. The maximum absolute atomic E-state index is 12.7. The van der Waals surface area contributed by atoms with Gasteiger partial charge in [0.15, 0.2) is 0 Å². The summed E-state index contributed by atoms with van der Waals surface area (Å²) in [5.41, 5.74) is 0.881. The summed E-state index contributed by atoms with van der Waals surface area (Å²) < 4.78 is 26.4. The predicted molar refractivity (Wildman–Crippen MR) is 121 cm³/mol. The molecule has 9 nitrogen and oxygen atoms in total. The molecule has 2 rings (SSSR count). The van der Waals surface area contributed by atoms with Gasteiger partial charge in [-0.2, -0.15) is 4.31 Å². The summed E-state index contributed by atoms with van der Waals surface area (Å²) in [5.74, 6) is -0.818. The van der Waals surface area contributed by atoms with Crippen LogP contribution < -0.4 is 10.6 Å². The number of benzene rings is 2. The fourth-order valence-corrected chi connectivity index (χ4v) is 4.29. The molecule has 0 unspecified atom stereocenters. The van der Waals surface area contributed by atoms with Crippen molar-refractivity contribution in [2.45, 2.75) is 16.7 Å². The molecule has 0 spiro atoms. The van der Waals surface area contributed by atoms with Crippen molar-refractivity contribution in [3.63, 3.8) is 0 Å². The van der Waals surface area contributed by atoms with Crippen molar-refractivity contribution in [3.8, 4) is 0 Å². The normalized spacial score (nSPS) is 11.1. The topological polar surface area (TPSA) is 116 Å². The molecule has 0 fully saturated rings. The van der Waals surface area contributed by atoms with E-state index in [1.54, 1.807) is 38.4 Å². The van der Waals surface area contributed by atoms with Gasteiger partial charge in [-0.05, 0) is 48.2 Å². The lowest BCUT2D eigenvalue weighted by Crippen LogP contribution is -2.35. The maximum Gasteiger partial charge on any atom is 0.286 e. The Morgan fingerprint density at radius 2 is 1.55 bits per heavy atom. The van der Waals surface area contributed by atoms with E-state index in [0.29, 0.717) is 16.3 Å². The summed E-state index contributed by atoms with van der Waals surface area (Å²) >= 11 is 0.958. The highest BCUT2D eigenvalue weighted by molar-refractivity contribution is 8.13. The van der Waals surface area contributed by atoms with Crippen molar-refractivity contribution < 1.29 is 22.8 Å². The number of likely N-dealkylation sites (N-methyl/N-ethyl adjacent to an activating group) is 1. The molecule has 166 valence electrons. The summed E-state index contributed by atoms with van der Waals surface area (Å²) in [6.45, 7) is 0.931. The SMILES string of the molecule is CC(=O)Nc1ccc(S(=O)(=O)N(C)CC(=O)Nc2ccccc2SC(=O)N(C)C)cc1. The van der Waals surface area contributed by atoms with E-state index >= 15 is 0 Å². The van der Waals surface area contributed by atoms with Crippen molar-refractivity contribution in [1.82, 2.24) is 9.21 Å². The smallest absolute Gasteiger partial charge is 0.286 e. The second kappa shape index (κ2) is 10.4. The number of amides is 3.